The molecule has 0 radical (unpaired) electrons. The molecular weight excluding hydrogens is 270 g/mol. The molecule has 0 aromatic carbocycles. The number of carbonyl (C=O) groups excluding carboxylic acids is 1. The van der Waals surface area contributed by atoms with E-state index in [1.54, 1.807) is 17.1 Å². The minimum atomic E-state index is 0.0629. The van der Waals surface area contributed by atoms with Crippen LogP contribution in [0.25, 0.3) is 0 Å². The summed E-state index contributed by atoms with van der Waals surface area (Å²) in [7, 11) is 1.84. The smallest absolute Gasteiger partial charge is 0.272 e. The molecule has 0 fully saturated rings. The van der Waals surface area contributed by atoms with Gasteiger partial charge in [0, 0.05) is 25.5 Å². The SMILES string of the molecule is CCCCN(CCBr)C(=O)c1cncn1C. The summed E-state index contributed by atoms with van der Waals surface area (Å²) in [4.78, 5) is 18.0. The Kier molecular flexibility index (Phi) is 5.52. The van der Waals surface area contributed by atoms with Crippen molar-refractivity contribution in [2.45, 2.75) is 19.8 Å². The fourth-order valence-electron chi connectivity index (χ4n) is 1.49. The number of amides is 1. The maximum Gasteiger partial charge on any atom is 0.272 e. The third kappa shape index (κ3) is 3.33. The number of hydrogen-bond donors (Lipinski definition) is 0. The van der Waals surface area contributed by atoms with E-state index in [1.165, 1.54) is 0 Å². The van der Waals surface area contributed by atoms with E-state index in [0.717, 1.165) is 31.3 Å². The number of carbonyl (C=O) groups is 1. The Morgan fingerprint density at radius 1 is 1.56 bits per heavy atom. The summed E-state index contributed by atoms with van der Waals surface area (Å²) in [6.07, 6.45) is 5.41. The van der Waals surface area contributed by atoms with E-state index in [0.29, 0.717) is 5.69 Å². The molecule has 0 unspecified atom stereocenters. The lowest BCUT2D eigenvalue weighted by atomic mass is 10.3. The Hall–Kier alpha value is -0.840. The maximum absolute atomic E-state index is 12.2. The van der Waals surface area contributed by atoms with Crippen LogP contribution in [0.2, 0.25) is 0 Å². The van der Waals surface area contributed by atoms with Gasteiger partial charge < -0.3 is 9.47 Å². The number of alkyl halides is 1. The van der Waals surface area contributed by atoms with Crippen molar-refractivity contribution in [3.05, 3.63) is 18.2 Å². The van der Waals surface area contributed by atoms with Gasteiger partial charge in [-0.1, -0.05) is 29.3 Å². The molecule has 0 bridgehead atoms. The Labute approximate surface area is 105 Å². The molecule has 0 aliphatic carbocycles. The Balaban J connectivity index is 2.70. The van der Waals surface area contributed by atoms with Crippen molar-refractivity contribution in [2.24, 2.45) is 7.05 Å². The largest absolute Gasteiger partial charge is 0.336 e. The van der Waals surface area contributed by atoms with Crippen LogP contribution in [-0.4, -0.2) is 38.8 Å². The molecule has 16 heavy (non-hydrogen) atoms. The third-order valence-corrected chi connectivity index (χ3v) is 2.81. The van der Waals surface area contributed by atoms with Crippen LogP contribution in [0.1, 0.15) is 30.3 Å². The van der Waals surface area contributed by atoms with E-state index < -0.39 is 0 Å². The highest BCUT2D eigenvalue weighted by atomic mass is 79.9. The molecule has 0 aliphatic rings. The van der Waals surface area contributed by atoms with Crippen LogP contribution >= 0.6 is 15.9 Å². The van der Waals surface area contributed by atoms with Gasteiger partial charge in [-0.2, -0.15) is 0 Å². The zero-order valence-corrected chi connectivity index (χ0v) is 11.4. The average molecular weight is 288 g/mol. The van der Waals surface area contributed by atoms with Crippen LogP contribution in [0.3, 0.4) is 0 Å². The van der Waals surface area contributed by atoms with Crippen LogP contribution in [0.15, 0.2) is 12.5 Å². The zero-order chi connectivity index (χ0) is 12.0. The summed E-state index contributed by atoms with van der Waals surface area (Å²) in [6, 6.07) is 0. The first-order chi connectivity index (χ1) is 7.70. The Morgan fingerprint density at radius 2 is 2.31 bits per heavy atom. The molecule has 4 nitrogen and oxygen atoms in total. The molecule has 1 rings (SSSR count). The highest BCUT2D eigenvalue weighted by molar-refractivity contribution is 9.09. The second-order valence-electron chi connectivity index (χ2n) is 3.72. The lowest BCUT2D eigenvalue weighted by Gasteiger charge is -2.21. The summed E-state index contributed by atoms with van der Waals surface area (Å²) < 4.78 is 1.76. The molecule has 0 saturated carbocycles. The van der Waals surface area contributed by atoms with Gasteiger partial charge in [-0.15, -0.1) is 0 Å². The van der Waals surface area contributed by atoms with Crippen molar-refractivity contribution in [3.8, 4) is 0 Å². The highest BCUT2D eigenvalue weighted by Crippen LogP contribution is 2.05. The first-order valence-electron chi connectivity index (χ1n) is 5.52. The van der Waals surface area contributed by atoms with Crippen molar-refractivity contribution < 1.29 is 4.79 Å². The van der Waals surface area contributed by atoms with Crippen LogP contribution < -0.4 is 0 Å². The number of aryl methyl sites for hydroxylation is 1. The molecule has 1 amide bonds. The van der Waals surface area contributed by atoms with Gasteiger partial charge in [-0.3, -0.25) is 4.79 Å². The van der Waals surface area contributed by atoms with Gasteiger partial charge in [-0.05, 0) is 6.42 Å². The van der Waals surface area contributed by atoms with Gasteiger partial charge in [0.2, 0.25) is 0 Å². The summed E-state index contributed by atoms with van der Waals surface area (Å²) in [5.74, 6) is 0.0629. The fraction of sp³-hybridized carbons (Fsp3) is 0.636. The predicted octanol–water partition coefficient (Wildman–Crippen LogP) is 2.06. The van der Waals surface area contributed by atoms with Crippen LogP contribution in [-0.2, 0) is 7.05 Å². The maximum atomic E-state index is 12.2. The molecule has 1 aromatic rings. The molecular formula is C11H18BrN3O. The zero-order valence-electron chi connectivity index (χ0n) is 9.82. The van der Waals surface area contributed by atoms with Crippen molar-refractivity contribution in [1.82, 2.24) is 14.5 Å². The number of unbranched alkanes of at least 4 members (excludes halogenated alkanes) is 1. The summed E-state index contributed by atoms with van der Waals surface area (Å²) in [6.45, 7) is 3.68. The Morgan fingerprint density at radius 3 is 2.81 bits per heavy atom. The topological polar surface area (TPSA) is 38.1 Å². The van der Waals surface area contributed by atoms with E-state index in [-0.39, 0.29) is 5.91 Å². The van der Waals surface area contributed by atoms with Gasteiger partial charge >= 0.3 is 0 Å². The van der Waals surface area contributed by atoms with Crippen molar-refractivity contribution >= 4 is 21.8 Å². The predicted molar refractivity (Wildman–Crippen MR) is 67.8 cm³/mol. The van der Waals surface area contributed by atoms with Gasteiger partial charge in [0.05, 0.1) is 12.5 Å². The number of halogens is 1. The summed E-state index contributed by atoms with van der Waals surface area (Å²) >= 11 is 3.38. The first-order valence-corrected chi connectivity index (χ1v) is 6.64. The van der Waals surface area contributed by atoms with Crippen LogP contribution in [0, 0.1) is 0 Å². The monoisotopic (exact) mass is 287 g/mol. The Bertz CT molecular complexity index is 338. The molecule has 1 heterocycles. The van der Waals surface area contributed by atoms with Crippen molar-refractivity contribution in [1.29, 1.82) is 0 Å². The van der Waals surface area contributed by atoms with E-state index in [2.05, 4.69) is 27.8 Å². The number of rotatable bonds is 6. The van der Waals surface area contributed by atoms with Gasteiger partial charge in [0.25, 0.3) is 5.91 Å². The number of hydrogen-bond acceptors (Lipinski definition) is 2. The average Bonchev–Trinajstić information content (AvgIpc) is 2.69. The summed E-state index contributed by atoms with van der Waals surface area (Å²) in [5.41, 5.74) is 0.650. The molecule has 5 heteroatoms. The molecule has 1 aromatic heterocycles. The molecule has 0 atom stereocenters. The van der Waals surface area contributed by atoms with E-state index in [4.69, 9.17) is 0 Å². The molecule has 0 saturated heterocycles. The molecule has 90 valence electrons. The number of aromatic nitrogens is 2. The van der Waals surface area contributed by atoms with Crippen molar-refractivity contribution in [3.63, 3.8) is 0 Å². The lowest BCUT2D eigenvalue weighted by Crippen LogP contribution is -2.34. The normalized spacial score (nSPS) is 10.4. The second kappa shape index (κ2) is 6.68. The lowest BCUT2D eigenvalue weighted by molar-refractivity contribution is 0.0754. The van der Waals surface area contributed by atoms with E-state index >= 15 is 0 Å². The molecule has 0 N–H and O–H groups in total. The number of nitrogens with zero attached hydrogens (tertiary/aromatic N) is 3. The van der Waals surface area contributed by atoms with Gasteiger partial charge in [0.1, 0.15) is 5.69 Å². The van der Waals surface area contributed by atoms with Gasteiger partial charge in [0.15, 0.2) is 0 Å². The van der Waals surface area contributed by atoms with E-state index in [1.807, 2.05) is 11.9 Å². The standard InChI is InChI=1S/C11H18BrN3O/c1-3-4-6-15(7-5-12)11(16)10-8-13-9-14(10)2/h8-9H,3-7H2,1-2H3. The molecule has 0 spiro atoms. The van der Waals surface area contributed by atoms with Crippen LogP contribution in [0.5, 0.6) is 0 Å². The second-order valence-corrected chi connectivity index (χ2v) is 4.52. The molecule has 0 aliphatic heterocycles. The first kappa shape index (κ1) is 13.2. The summed E-state index contributed by atoms with van der Waals surface area (Å²) in [5, 5.41) is 0.806. The van der Waals surface area contributed by atoms with Crippen LogP contribution in [0.4, 0.5) is 0 Å². The highest BCUT2D eigenvalue weighted by Gasteiger charge is 2.17. The minimum absolute atomic E-state index is 0.0629. The third-order valence-electron chi connectivity index (χ3n) is 2.46. The number of imidazole rings is 1. The fourth-order valence-corrected chi connectivity index (χ4v) is 1.92. The minimum Gasteiger partial charge on any atom is -0.336 e. The van der Waals surface area contributed by atoms with Crippen molar-refractivity contribution in [2.75, 3.05) is 18.4 Å². The quantitative estimate of drug-likeness (QED) is 0.751. The van der Waals surface area contributed by atoms with E-state index in [9.17, 15) is 4.79 Å². The van der Waals surface area contributed by atoms with Gasteiger partial charge in [-0.25, -0.2) is 4.98 Å².